The van der Waals surface area contributed by atoms with Gasteiger partial charge in [0.05, 0.1) is 12.8 Å². The van der Waals surface area contributed by atoms with Crippen LogP contribution < -0.4 is 5.73 Å². The summed E-state index contributed by atoms with van der Waals surface area (Å²) in [5, 5.41) is 0. The number of hydrogen-bond acceptors (Lipinski definition) is 3. The van der Waals surface area contributed by atoms with Gasteiger partial charge in [0.15, 0.2) is 0 Å². The third-order valence-corrected chi connectivity index (χ3v) is 3.71. The molecule has 1 aliphatic heterocycles. The van der Waals surface area contributed by atoms with E-state index in [1.165, 1.54) is 18.4 Å². The maximum Gasteiger partial charge on any atom is 0.120 e. The van der Waals surface area contributed by atoms with Crippen LogP contribution >= 0.6 is 0 Å². The van der Waals surface area contributed by atoms with Gasteiger partial charge in [-0.15, -0.1) is 0 Å². The first-order chi connectivity index (χ1) is 7.66. The molecular formula is C13H22N2O. The highest BCUT2D eigenvalue weighted by Gasteiger charge is 2.22. The van der Waals surface area contributed by atoms with Crippen LogP contribution in [0.1, 0.15) is 31.1 Å². The molecular weight excluding hydrogens is 200 g/mol. The maximum atomic E-state index is 5.94. The van der Waals surface area contributed by atoms with Crippen LogP contribution in [0.2, 0.25) is 0 Å². The molecule has 1 atom stereocenters. The number of nitrogens with zero attached hydrogens (tertiary/aromatic N) is 1. The summed E-state index contributed by atoms with van der Waals surface area (Å²) in [5.74, 6) is 1.81. The molecule has 0 bridgehead atoms. The summed E-state index contributed by atoms with van der Waals surface area (Å²) in [6.07, 6.45) is 4.22. The van der Waals surface area contributed by atoms with E-state index in [9.17, 15) is 0 Å². The number of nitrogens with two attached hydrogens (primary N) is 1. The van der Waals surface area contributed by atoms with Gasteiger partial charge in [0.2, 0.25) is 0 Å². The van der Waals surface area contributed by atoms with E-state index in [-0.39, 0.29) is 0 Å². The van der Waals surface area contributed by atoms with Crippen LogP contribution in [-0.4, -0.2) is 24.0 Å². The number of aryl methyl sites for hydroxylation is 1. The molecule has 3 nitrogen and oxygen atoms in total. The SMILES string of the molecule is Cc1ccoc1CN1CCC(C(C)N)CC1. The van der Waals surface area contributed by atoms with Crippen LogP contribution in [-0.2, 0) is 6.54 Å². The minimum atomic E-state index is 0.340. The van der Waals surface area contributed by atoms with Crippen molar-refractivity contribution >= 4 is 0 Å². The highest BCUT2D eigenvalue weighted by molar-refractivity contribution is 5.14. The van der Waals surface area contributed by atoms with Gasteiger partial charge >= 0.3 is 0 Å². The van der Waals surface area contributed by atoms with Crippen molar-refractivity contribution in [3.05, 3.63) is 23.7 Å². The van der Waals surface area contributed by atoms with Gasteiger partial charge in [0.25, 0.3) is 0 Å². The molecule has 0 spiro atoms. The van der Waals surface area contributed by atoms with Gasteiger partial charge in [-0.2, -0.15) is 0 Å². The van der Waals surface area contributed by atoms with E-state index in [0.717, 1.165) is 25.4 Å². The first-order valence-electron chi connectivity index (χ1n) is 6.17. The van der Waals surface area contributed by atoms with Crippen molar-refractivity contribution in [1.29, 1.82) is 0 Å². The zero-order chi connectivity index (χ0) is 11.5. The highest BCUT2D eigenvalue weighted by atomic mass is 16.3. The van der Waals surface area contributed by atoms with Crippen molar-refractivity contribution in [2.24, 2.45) is 11.7 Å². The van der Waals surface area contributed by atoms with Crippen molar-refractivity contribution < 1.29 is 4.42 Å². The van der Waals surface area contributed by atoms with Crippen molar-refractivity contribution in [3.63, 3.8) is 0 Å². The summed E-state index contributed by atoms with van der Waals surface area (Å²) in [4.78, 5) is 2.46. The molecule has 1 unspecified atom stereocenters. The van der Waals surface area contributed by atoms with Crippen LogP contribution in [0.25, 0.3) is 0 Å². The van der Waals surface area contributed by atoms with Crippen LogP contribution in [0.4, 0.5) is 0 Å². The van der Waals surface area contributed by atoms with Gasteiger partial charge in [-0.3, -0.25) is 4.90 Å². The summed E-state index contributed by atoms with van der Waals surface area (Å²) in [7, 11) is 0. The average Bonchev–Trinajstić information content (AvgIpc) is 2.65. The van der Waals surface area contributed by atoms with Crippen molar-refractivity contribution in [2.45, 2.75) is 39.3 Å². The lowest BCUT2D eigenvalue weighted by molar-refractivity contribution is 0.156. The van der Waals surface area contributed by atoms with Crippen LogP contribution in [0.5, 0.6) is 0 Å². The van der Waals surface area contributed by atoms with E-state index in [2.05, 4.69) is 18.7 Å². The first kappa shape index (κ1) is 11.7. The molecule has 0 saturated carbocycles. The Morgan fingerprint density at radius 1 is 1.50 bits per heavy atom. The largest absolute Gasteiger partial charge is 0.468 e. The zero-order valence-electron chi connectivity index (χ0n) is 10.3. The zero-order valence-corrected chi connectivity index (χ0v) is 10.3. The minimum absolute atomic E-state index is 0.340. The fourth-order valence-electron chi connectivity index (χ4n) is 2.41. The third kappa shape index (κ3) is 2.66. The third-order valence-electron chi connectivity index (χ3n) is 3.71. The van der Waals surface area contributed by atoms with E-state index in [4.69, 9.17) is 10.2 Å². The highest BCUT2D eigenvalue weighted by Crippen LogP contribution is 2.21. The molecule has 2 N–H and O–H groups in total. The second kappa shape index (κ2) is 5.02. The van der Waals surface area contributed by atoms with E-state index < -0.39 is 0 Å². The Morgan fingerprint density at radius 3 is 2.69 bits per heavy atom. The van der Waals surface area contributed by atoms with Gasteiger partial charge in [-0.05, 0) is 57.3 Å². The standard InChI is InChI=1S/C13H22N2O/c1-10-5-8-16-13(10)9-15-6-3-12(4-7-15)11(2)14/h5,8,11-12H,3-4,6-7,9,14H2,1-2H3. The molecule has 16 heavy (non-hydrogen) atoms. The van der Waals surface area contributed by atoms with Gasteiger partial charge in [-0.25, -0.2) is 0 Å². The van der Waals surface area contributed by atoms with E-state index in [0.29, 0.717) is 12.0 Å². The van der Waals surface area contributed by atoms with Crippen molar-refractivity contribution in [1.82, 2.24) is 4.90 Å². The van der Waals surface area contributed by atoms with Crippen molar-refractivity contribution in [2.75, 3.05) is 13.1 Å². The summed E-state index contributed by atoms with van der Waals surface area (Å²) in [6.45, 7) is 7.47. The fourth-order valence-corrected chi connectivity index (χ4v) is 2.41. The van der Waals surface area contributed by atoms with Gasteiger partial charge in [0, 0.05) is 6.04 Å². The lowest BCUT2D eigenvalue weighted by Crippen LogP contribution is -2.39. The van der Waals surface area contributed by atoms with Crippen LogP contribution in [0.15, 0.2) is 16.7 Å². The maximum absolute atomic E-state index is 5.94. The molecule has 1 aromatic heterocycles. The van der Waals surface area contributed by atoms with Crippen LogP contribution in [0, 0.1) is 12.8 Å². The molecule has 0 aliphatic carbocycles. The number of piperidine rings is 1. The second-order valence-corrected chi connectivity index (χ2v) is 5.00. The monoisotopic (exact) mass is 222 g/mol. The molecule has 0 amide bonds. The molecule has 1 aliphatic rings. The second-order valence-electron chi connectivity index (χ2n) is 5.00. The lowest BCUT2D eigenvalue weighted by atomic mass is 9.91. The molecule has 90 valence electrons. The number of hydrogen-bond donors (Lipinski definition) is 1. The summed E-state index contributed by atoms with van der Waals surface area (Å²) < 4.78 is 5.47. The quantitative estimate of drug-likeness (QED) is 0.852. The summed E-state index contributed by atoms with van der Waals surface area (Å²) in [6, 6.07) is 2.37. The van der Waals surface area contributed by atoms with Gasteiger partial charge in [-0.1, -0.05) is 0 Å². The molecule has 1 aromatic rings. The smallest absolute Gasteiger partial charge is 0.120 e. The Morgan fingerprint density at radius 2 is 2.19 bits per heavy atom. The van der Waals surface area contributed by atoms with E-state index in [1.807, 2.05) is 6.07 Å². The fraction of sp³-hybridized carbons (Fsp3) is 0.692. The average molecular weight is 222 g/mol. The minimum Gasteiger partial charge on any atom is -0.468 e. The first-order valence-corrected chi connectivity index (χ1v) is 6.17. The predicted octanol–water partition coefficient (Wildman–Crippen LogP) is 2.15. The van der Waals surface area contributed by atoms with Gasteiger partial charge < -0.3 is 10.2 Å². The lowest BCUT2D eigenvalue weighted by Gasteiger charge is -2.33. The molecule has 2 heterocycles. The summed E-state index contributed by atoms with van der Waals surface area (Å²) in [5.41, 5.74) is 7.19. The normalized spacial score (nSPS) is 21.2. The molecule has 1 saturated heterocycles. The molecule has 0 aromatic carbocycles. The topological polar surface area (TPSA) is 42.4 Å². The predicted molar refractivity (Wildman–Crippen MR) is 65.1 cm³/mol. The van der Waals surface area contributed by atoms with Gasteiger partial charge in [0.1, 0.15) is 5.76 Å². The number of rotatable bonds is 3. The number of likely N-dealkylation sites (tertiary alicyclic amines) is 1. The van der Waals surface area contributed by atoms with E-state index >= 15 is 0 Å². The van der Waals surface area contributed by atoms with E-state index in [1.54, 1.807) is 6.26 Å². The Bertz CT molecular complexity index is 324. The van der Waals surface area contributed by atoms with Crippen LogP contribution in [0.3, 0.4) is 0 Å². The molecule has 3 heteroatoms. The molecule has 1 fully saturated rings. The Balaban J connectivity index is 1.84. The Hall–Kier alpha value is -0.800. The Labute approximate surface area is 97.6 Å². The van der Waals surface area contributed by atoms with Crippen molar-refractivity contribution in [3.8, 4) is 0 Å². The summed E-state index contributed by atoms with van der Waals surface area (Å²) >= 11 is 0. The Kier molecular flexibility index (Phi) is 3.66. The molecule has 2 rings (SSSR count). The molecule has 0 radical (unpaired) electrons. The number of furan rings is 1.